The average molecular weight is 208 g/mol. The molecule has 2 N–H and O–H groups in total. The normalized spacial score (nSPS) is 17.9. The monoisotopic (exact) mass is 208 g/mol. The van der Waals surface area contributed by atoms with Gasteiger partial charge in [0.1, 0.15) is 0 Å². The zero-order chi connectivity index (χ0) is 10.8. The average Bonchev–Trinajstić information content (AvgIpc) is 2.62. The van der Waals surface area contributed by atoms with Gasteiger partial charge in [0.2, 0.25) is 5.76 Å². The number of rotatable bonds is 2. The van der Waals surface area contributed by atoms with Crippen molar-refractivity contribution in [2.75, 3.05) is 0 Å². The molecule has 0 atom stereocenters. The maximum absolute atomic E-state index is 11.2. The van der Waals surface area contributed by atoms with Crippen molar-refractivity contribution < 1.29 is 9.21 Å². The van der Waals surface area contributed by atoms with Gasteiger partial charge in [0.25, 0.3) is 5.91 Å². The first-order valence-corrected chi connectivity index (χ1v) is 5.45. The van der Waals surface area contributed by atoms with E-state index in [1.807, 2.05) is 0 Å². The van der Waals surface area contributed by atoms with E-state index in [2.05, 4.69) is 4.98 Å². The molecule has 0 aromatic carbocycles. The SMILES string of the molecule is Cc1nc(C2CCCCC2)c(C(N)=O)o1. The van der Waals surface area contributed by atoms with Crippen molar-refractivity contribution in [3.05, 3.63) is 17.3 Å². The summed E-state index contributed by atoms with van der Waals surface area (Å²) in [4.78, 5) is 15.5. The third-order valence-electron chi connectivity index (χ3n) is 2.98. The number of primary amides is 1. The lowest BCUT2D eigenvalue weighted by Gasteiger charge is -2.19. The summed E-state index contributed by atoms with van der Waals surface area (Å²) in [7, 11) is 0. The quantitative estimate of drug-likeness (QED) is 0.809. The van der Waals surface area contributed by atoms with Crippen LogP contribution in [0.3, 0.4) is 0 Å². The van der Waals surface area contributed by atoms with E-state index < -0.39 is 5.91 Å². The molecule has 0 radical (unpaired) electrons. The third-order valence-corrected chi connectivity index (χ3v) is 2.98. The van der Waals surface area contributed by atoms with Crippen LogP contribution in [0.15, 0.2) is 4.42 Å². The van der Waals surface area contributed by atoms with Crippen molar-refractivity contribution in [3.63, 3.8) is 0 Å². The minimum Gasteiger partial charge on any atom is -0.436 e. The molecule has 1 heterocycles. The van der Waals surface area contributed by atoms with Gasteiger partial charge in [-0.1, -0.05) is 19.3 Å². The second-order valence-electron chi connectivity index (χ2n) is 4.15. The molecule has 1 aromatic rings. The van der Waals surface area contributed by atoms with Crippen LogP contribution in [-0.4, -0.2) is 10.9 Å². The Hall–Kier alpha value is -1.32. The smallest absolute Gasteiger partial charge is 0.286 e. The highest BCUT2D eigenvalue weighted by molar-refractivity contribution is 5.91. The van der Waals surface area contributed by atoms with Gasteiger partial charge < -0.3 is 10.2 Å². The largest absolute Gasteiger partial charge is 0.436 e. The van der Waals surface area contributed by atoms with Gasteiger partial charge in [0, 0.05) is 12.8 Å². The highest BCUT2D eigenvalue weighted by Gasteiger charge is 2.25. The Bertz CT molecular complexity index is 365. The highest BCUT2D eigenvalue weighted by Crippen LogP contribution is 2.33. The minimum absolute atomic E-state index is 0.263. The predicted octanol–water partition coefficient (Wildman–Crippen LogP) is 2.13. The third kappa shape index (κ3) is 2.03. The number of nitrogens with two attached hydrogens (primary N) is 1. The van der Waals surface area contributed by atoms with E-state index in [1.54, 1.807) is 6.92 Å². The number of carbonyl (C=O) groups excluding carboxylic acids is 1. The fourth-order valence-corrected chi connectivity index (χ4v) is 2.27. The number of oxazole rings is 1. The first kappa shape index (κ1) is 10.2. The van der Waals surface area contributed by atoms with Crippen LogP contribution in [0.4, 0.5) is 0 Å². The second-order valence-corrected chi connectivity index (χ2v) is 4.15. The zero-order valence-electron chi connectivity index (χ0n) is 8.95. The molecule has 1 fully saturated rings. The molecule has 1 aliphatic rings. The maximum atomic E-state index is 11.2. The Kier molecular flexibility index (Phi) is 2.75. The summed E-state index contributed by atoms with van der Waals surface area (Å²) in [5, 5.41) is 0. The van der Waals surface area contributed by atoms with E-state index in [9.17, 15) is 4.79 Å². The first-order valence-electron chi connectivity index (χ1n) is 5.45. The van der Waals surface area contributed by atoms with Crippen LogP contribution >= 0.6 is 0 Å². The molecule has 0 spiro atoms. The number of nitrogens with zero attached hydrogens (tertiary/aromatic N) is 1. The minimum atomic E-state index is -0.504. The van der Waals surface area contributed by atoms with E-state index in [-0.39, 0.29) is 5.76 Å². The fourth-order valence-electron chi connectivity index (χ4n) is 2.27. The first-order chi connectivity index (χ1) is 7.18. The lowest BCUT2D eigenvalue weighted by atomic mass is 9.86. The van der Waals surface area contributed by atoms with E-state index in [4.69, 9.17) is 10.2 Å². The lowest BCUT2D eigenvalue weighted by Crippen LogP contribution is -2.15. The van der Waals surface area contributed by atoms with Crippen LogP contribution in [0.2, 0.25) is 0 Å². The Morgan fingerprint density at radius 2 is 2.07 bits per heavy atom. The Morgan fingerprint density at radius 1 is 1.40 bits per heavy atom. The van der Waals surface area contributed by atoms with Gasteiger partial charge in [-0.3, -0.25) is 4.79 Å². The van der Waals surface area contributed by atoms with Crippen LogP contribution in [0.5, 0.6) is 0 Å². The van der Waals surface area contributed by atoms with Crippen LogP contribution < -0.4 is 5.73 Å². The number of carbonyl (C=O) groups is 1. The molecule has 82 valence electrons. The zero-order valence-corrected chi connectivity index (χ0v) is 8.95. The van der Waals surface area contributed by atoms with E-state index in [0.717, 1.165) is 18.5 Å². The second kappa shape index (κ2) is 4.04. The van der Waals surface area contributed by atoms with Gasteiger partial charge in [0.05, 0.1) is 5.69 Å². The summed E-state index contributed by atoms with van der Waals surface area (Å²) in [5.41, 5.74) is 6.04. The summed E-state index contributed by atoms with van der Waals surface area (Å²) in [6.45, 7) is 1.75. The van der Waals surface area contributed by atoms with Gasteiger partial charge in [-0.25, -0.2) is 4.98 Å². The summed E-state index contributed by atoms with van der Waals surface area (Å²) < 4.78 is 5.24. The Morgan fingerprint density at radius 3 is 2.67 bits per heavy atom. The van der Waals surface area contributed by atoms with E-state index >= 15 is 0 Å². The van der Waals surface area contributed by atoms with Crippen LogP contribution in [0.25, 0.3) is 0 Å². The van der Waals surface area contributed by atoms with Crippen molar-refractivity contribution in [3.8, 4) is 0 Å². The van der Waals surface area contributed by atoms with Gasteiger partial charge >= 0.3 is 0 Å². The molecule has 1 amide bonds. The Balaban J connectivity index is 2.28. The molecule has 0 unspecified atom stereocenters. The molecule has 1 aliphatic carbocycles. The van der Waals surface area contributed by atoms with Crippen molar-refractivity contribution in [2.24, 2.45) is 5.73 Å². The summed E-state index contributed by atoms with van der Waals surface area (Å²) in [6.07, 6.45) is 5.86. The van der Waals surface area contributed by atoms with Gasteiger partial charge in [-0.05, 0) is 12.8 Å². The summed E-state index contributed by atoms with van der Waals surface area (Å²) in [5.74, 6) is 0.652. The molecular weight excluding hydrogens is 192 g/mol. The van der Waals surface area contributed by atoms with Crippen molar-refractivity contribution in [2.45, 2.75) is 44.9 Å². The van der Waals surface area contributed by atoms with Crippen LogP contribution in [0.1, 0.15) is 60.2 Å². The van der Waals surface area contributed by atoms with Gasteiger partial charge in [-0.2, -0.15) is 0 Å². The molecule has 1 aromatic heterocycles. The molecule has 1 saturated carbocycles. The topological polar surface area (TPSA) is 69.1 Å². The number of hydrogen-bond donors (Lipinski definition) is 1. The Labute approximate surface area is 88.9 Å². The van der Waals surface area contributed by atoms with E-state index in [0.29, 0.717) is 11.8 Å². The number of aromatic nitrogens is 1. The van der Waals surface area contributed by atoms with Crippen molar-refractivity contribution >= 4 is 5.91 Å². The predicted molar refractivity (Wildman–Crippen MR) is 55.6 cm³/mol. The van der Waals surface area contributed by atoms with E-state index in [1.165, 1.54) is 19.3 Å². The van der Waals surface area contributed by atoms with Gasteiger partial charge in [-0.15, -0.1) is 0 Å². The molecule has 0 aliphatic heterocycles. The summed E-state index contributed by atoms with van der Waals surface area (Å²) in [6, 6.07) is 0. The van der Waals surface area contributed by atoms with Crippen LogP contribution in [-0.2, 0) is 0 Å². The molecule has 4 nitrogen and oxygen atoms in total. The van der Waals surface area contributed by atoms with Crippen molar-refractivity contribution in [1.29, 1.82) is 0 Å². The molecule has 2 rings (SSSR count). The van der Waals surface area contributed by atoms with Crippen LogP contribution in [0, 0.1) is 6.92 Å². The van der Waals surface area contributed by atoms with Crippen molar-refractivity contribution in [1.82, 2.24) is 4.98 Å². The van der Waals surface area contributed by atoms with Gasteiger partial charge in [0.15, 0.2) is 5.89 Å². The fraction of sp³-hybridized carbons (Fsp3) is 0.636. The standard InChI is InChI=1S/C11H16N2O2/c1-7-13-9(10(15-7)11(12)14)8-5-3-2-4-6-8/h8H,2-6H2,1H3,(H2,12,14). The molecule has 4 heteroatoms. The maximum Gasteiger partial charge on any atom is 0.286 e. The molecule has 0 bridgehead atoms. The number of amides is 1. The summed E-state index contributed by atoms with van der Waals surface area (Å²) >= 11 is 0. The molecule has 15 heavy (non-hydrogen) atoms. The highest BCUT2D eigenvalue weighted by atomic mass is 16.4. The molecule has 0 saturated heterocycles. The number of hydrogen-bond acceptors (Lipinski definition) is 3. The lowest BCUT2D eigenvalue weighted by molar-refractivity contribution is 0.0970. The number of aryl methyl sites for hydroxylation is 1. The molecular formula is C11H16N2O2.